The Morgan fingerprint density at radius 2 is 2.50 bits per heavy atom. The molecule has 0 aliphatic carbocycles. The van der Waals surface area contributed by atoms with Crippen molar-refractivity contribution in [1.29, 1.82) is 5.26 Å². The van der Waals surface area contributed by atoms with E-state index in [0.717, 1.165) is 12.0 Å². The summed E-state index contributed by atoms with van der Waals surface area (Å²) in [6.45, 7) is 0. The van der Waals surface area contributed by atoms with Gasteiger partial charge >= 0.3 is 0 Å². The van der Waals surface area contributed by atoms with Crippen LogP contribution < -0.4 is 5.73 Å². The third kappa shape index (κ3) is 2.69. The highest BCUT2D eigenvalue weighted by atomic mass is 14.6. The quantitative estimate of drug-likeness (QED) is 0.715. The molecule has 0 spiro atoms. The average molecular weight is 161 g/mol. The maximum Gasteiger partial charge on any atom is 0.0931 e. The topological polar surface area (TPSA) is 62.7 Å². The second kappa shape index (κ2) is 4.47. The van der Waals surface area contributed by atoms with Crippen LogP contribution in [0.1, 0.15) is 12.0 Å². The molecule has 1 aromatic rings. The Labute approximate surface area is 71.8 Å². The third-order valence-electron chi connectivity index (χ3n) is 1.63. The van der Waals surface area contributed by atoms with Gasteiger partial charge in [-0.3, -0.25) is 4.98 Å². The minimum Gasteiger partial charge on any atom is -0.316 e. The van der Waals surface area contributed by atoms with Gasteiger partial charge in [-0.1, -0.05) is 6.07 Å². The van der Waals surface area contributed by atoms with Crippen molar-refractivity contribution in [2.75, 3.05) is 0 Å². The molecule has 1 unspecified atom stereocenters. The number of pyridine rings is 1. The van der Waals surface area contributed by atoms with Crippen LogP contribution in [0, 0.1) is 11.3 Å². The molecule has 1 atom stereocenters. The second-order valence-electron chi connectivity index (χ2n) is 2.64. The summed E-state index contributed by atoms with van der Waals surface area (Å²) in [6.07, 6.45) is 5.04. The van der Waals surface area contributed by atoms with Crippen LogP contribution in [-0.2, 0) is 6.42 Å². The van der Waals surface area contributed by atoms with Gasteiger partial charge < -0.3 is 5.73 Å². The molecule has 2 N–H and O–H groups in total. The number of rotatable bonds is 3. The van der Waals surface area contributed by atoms with Crippen LogP contribution in [0.2, 0.25) is 0 Å². The molecule has 0 amide bonds. The van der Waals surface area contributed by atoms with Gasteiger partial charge in [0.1, 0.15) is 0 Å². The summed E-state index contributed by atoms with van der Waals surface area (Å²) >= 11 is 0. The van der Waals surface area contributed by atoms with Crippen LogP contribution in [0.25, 0.3) is 0 Å². The lowest BCUT2D eigenvalue weighted by atomic mass is 10.1. The van der Waals surface area contributed by atoms with Gasteiger partial charge in [-0.15, -0.1) is 0 Å². The van der Waals surface area contributed by atoms with E-state index in [1.807, 2.05) is 18.2 Å². The Bertz CT molecular complexity index is 263. The molecule has 12 heavy (non-hydrogen) atoms. The van der Waals surface area contributed by atoms with Crippen molar-refractivity contribution in [2.45, 2.75) is 18.9 Å². The molecule has 0 aliphatic rings. The van der Waals surface area contributed by atoms with Gasteiger partial charge in [0, 0.05) is 12.4 Å². The monoisotopic (exact) mass is 161 g/mol. The lowest BCUT2D eigenvalue weighted by Gasteiger charge is -2.01. The highest BCUT2D eigenvalue weighted by molar-refractivity contribution is 5.09. The molecular weight excluding hydrogens is 150 g/mol. The van der Waals surface area contributed by atoms with E-state index < -0.39 is 0 Å². The SMILES string of the molecule is N#CC(N)CCc1cccnc1. The van der Waals surface area contributed by atoms with E-state index in [1.54, 1.807) is 12.4 Å². The zero-order valence-corrected chi connectivity index (χ0v) is 6.77. The van der Waals surface area contributed by atoms with Gasteiger partial charge in [-0.2, -0.15) is 5.26 Å². The van der Waals surface area contributed by atoms with E-state index in [4.69, 9.17) is 11.0 Å². The molecule has 3 nitrogen and oxygen atoms in total. The summed E-state index contributed by atoms with van der Waals surface area (Å²) in [5.74, 6) is 0. The normalized spacial score (nSPS) is 12.0. The standard InChI is InChI=1S/C9H11N3/c10-6-9(11)4-3-8-2-1-5-12-7-8/h1-2,5,7,9H,3-4,11H2. The Kier molecular flexibility index (Phi) is 3.24. The van der Waals surface area contributed by atoms with Crippen LogP contribution in [0.3, 0.4) is 0 Å². The lowest BCUT2D eigenvalue weighted by Crippen LogP contribution is -2.17. The summed E-state index contributed by atoms with van der Waals surface area (Å²) in [5, 5.41) is 8.42. The van der Waals surface area contributed by atoms with Crippen molar-refractivity contribution < 1.29 is 0 Å². The van der Waals surface area contributed by atoms with Gasteiger partial charge in [0.2, 0.25) is 0 Å². The number of hydrogen-bond acceptors (Lipinski definition) is 3. The summed E-state index contributed by atoms with van der Waals surface area (Å²) in [4.78, 5) is 3.96. The smallest absolute Gasteiger partial charge is 0.0931 e. The zero-order valence-electron chi connectivity index (χ0n) is 6.77. The molecule has 62 valence electrons. The van der Waals surface area contributed by atoms with Crippen molar-refractivity contribution in [1.82, 2.24) is 4.98 Å². The highest BCUT2D eigenvalue weighted by Crippen LogP contribution is 2.01. The Morgan fingerprint density at radius 1 is 1.67 bits per heavy atom. The first-order valence-electron chi connectivity index (χ1n) is 3.87. The van der Waals surface area contributed by atoms with E-state index in [0.29, 0.717) is 6.42 Å². The molecule has 0 radical (unpaired) electrons. The molecule has 1 aromatic heterocycles. The molecule has 0 saturated heterocycles. The molecule has 3 heteroatoms. The van der Waals surface area contributed by atoms with Crippen LogP contribution in [0.4, 0.5) is 0 Å². The third-order valence-corrected chi connectivity index (χ3v) is 1.63. The Balaban J connectivity index is 2.40. The lowest BCUT2D eigenvalue weighted by molar-refractivity contribution is 0.729. The summed E-state index contributed by atoms with van der Waals surface area (Å²) in [6, 6.07) is 5.50. The number of hydrogen-bond donors (Lipinski definition) is 1. The van der Waals surface area contributed by atoms with Crippen molar-refractivity contribution in [3.8, 4) is 6.07 Å². The number of nitrogens with two attached hydrogens (primary N) is 1. The Morgan fingerprint density at radius 3 is 3.08 bits per heavy atom. The first kappa shape index (κ1) is 8.69. The molecule has 1 rings (SSSR count). The minimum atomic E-state index is -0.356. The minimum absolute atomic E-state index is 0.356. The van der Waals surface area contributed by atoms with Crippen LogP contribution in [0.5, 0.6) is 0 Å². The van der Waals surface area contributed by atoms with E-state index >= 15 is 0 Å². The first-order valence-corrected chi connectivity index (χ1v) is 3.87. The number of aryl methyl sites for hydroxylation is 1. The van der Waals surface area contributed by atoms with Crippen LogP contribution in [0.15, 0.2) is 24.5 Å². The van der Waals surface area contributed by atoms with Crippen molar-refractivity contribution >= 4 is 0 Å². The maximum atomic E-state index is 8.42. The van der Waals surface area contributed by atoms with E-state index in [9.17, 15) is 0 Å². The molecule has 0 fully saturated rings. The Hall–Kier alpha value is -1.40. The first-order chi connectivity index (χ1) is 5.83. The second-order valence-corrected chi connectivity index (χ2v) is 2.64. The summed E-state index contributed by atoms with van der Waals surface area (Å²) in [5.41, 5.74) is 6.57. The zero-order chi connectivity index (χ0) is 8.81. The van der Waals surface area contributed by atoms with Crippen molar-refractivity contribution in [3.05, 3.63) is 30.1 Å². The van der Waals surface area contributed by atoms with Gasteiger partial charge in [-0.25, -0.2) is 0 Å². The highest BCUT2D eigenvalue weighted by Gasteiger charge is 1.99. The molecule has 0 aromatic carbocycles. The fourth-order valence-corrected chi connectivity index (χ4v) is 0.933. The van der Waals surface area contributed by atoms with Gasteiger partial charge in [0.25, 0.3) is 0 Å². The van der Waals surface area contributed by atoms with Crippen LogP contribution in [-0.4, -0.2) is 11.0 Å². The molecule has 0 saturated carbocycles. The number of aromatic nitrogens is 1. The number of nitriles is 1. The van der Waals surface area contributed by atoms with Crippen molar-refractivity contribution in [2.24, 2.45) is 5.73 Å². The fourth-order valence-electron chi connectivity index (χ4n) is 0.933. The molecule has 0 aliphatic heterocycles. The van der Waals surface area contributed by atoms with Crippen molar-refractivity contribution in [3.63, 3.8) is 0 Å². The maximum absolute atomic E-state index is 8.42. The molecular formula is C9H11N3. The largest absolute Gasteiger partial charge is 0.316 e. The van der Waals surface area contributed by atoms with E-state index in [1.165, 1.54) is 0 Å². The van der Waals surface area contributed by atoms with Crippen LogP contribution >= 0.6 is 0 Å². The van der Waals surface area contributed by atoms with E-state index in [-0.39, 0.29) is 6.04 Å². The fraction of sp³-hybridized carbons (Fsp3) is 0.333. The molecule has 1 heterocycles. The summed E-state index contributed by atoms with van der Waals surface area (Å²) < 4.78 is 0. The average Bonchev–Trinajstić information content (AvgIpc) is 2.16. The predicted molar refractivity (Wildman–Crippen MR) is 46.1 cm³/mol. The summed E-state index contributed by atoms with van der Waals surface area (Å²) in [7, 11) is 0. The van der Waals surface area contributed by atoms with Gasteiger partial charge in [0.15, 0.2) is 0 Å². The molecule has 0 bridgehead atoms. The van der Waals surface area contributed by atoms with Gasteiger partial charge in [0.05, 0.1) is 12.1 Å². The van der Waals surface area contributed by atoms with E-state index in [2.05, 4.69) is 4.98 Å². The predicted octanol–water partition coefficient (Wildman–Crippen LogP) is 0.865. The number of nitrogens with zero attached hydrogens (tertiary/aromatic N) is 2. The van der Waals surface area contributed by atoms with Gasteiger partial charge in [-0.05, 0) is 24.5 Å².